The van der Waals surface area contributed by atoms with E-state index in [9.17, 15) is 5.11 Å². The number of aliphatic hydroxyl groups is 1. The lowest BCUT2D eigenvalue weighted by Crippen LogP contribution is -2.63. The van der Waals surface area contributed by atoms with E-state index in [-0.39, 0.29) is 5.60 Å². The Balaban J connectivity index is 1.23. The second-order valence-corrected chi connectivity index (χ2v) is 7.13. The van der Waals surface area contributed by atoms with Crippen molar-refractivity contribution >= 4 is 11.3 Å². The van der Waals surface area contributed by atoms with Crippen molar-refractivity contribution in [2.24, 2.45) is 5.92 Å². The number of aryl methyl sites for hydroxylation is 1. The van der Waals surface area contributed by atoms with Crippen LogP contribution in [0.15, 0.2) is 22.0 Å². The van der Waals surface area contributed by atoms with E-state index in [1.165, 1.54) is 12.8 Å². The Kier molecular flexibility index (Phi) is 3.32. The molecule has 0 aromatic carbocycles. The highest BCUT2D eigenvalue weighted by molar-refractivity contribution is 7.13. The maximum Gasteiger partial charge on any atom is 0.227 e. The molecule has 1 aliphatic heterocycles. The summed E-state index contributed by atoms with van der Waals surface area (Å²) in [7, 11) is 0. The van der Waals surface area contributed by atoms with Gasteiger partial charge in [0.15, 0.2) is 0 Å². The number of likely N-dealkylation sites (tertiary alicyclic amines) is 1. The fourth-order valence-electron chi connectivity index (χ4n) is 3.08. The van der Waals surface area contributed by atoms with Crippen molar-refractivity contribution in [1.82, 2.24) is 15.0 Å². The Bertz CT molecular complexity index is 600. The molecule has 21 heavy (non-hydrogen) atoms. The summed E-state index contributed by atoms with van der Waals surface area (Å²) in [6, 6.07) is 3.99. The number of β-amino-alcohol motifs (C(OH)–C–C–N with tert-alkyl or cyclic N) is 1. The molecule has 0 unspecified atom stereocenters. The highest BCUT2D eigenvalue weighted by atomic mass is 32.1. The SMILES string of the molecule is OC1(C2CC2)CN(CCCc2nc(-c3cccs3)no2)C1. The first kappa shape index (κ1) is 13.4. The van der Waals surface area contributed by atoms with E-state index in [1.807, 2.05) is 17.5 Å². The quantitative estimate of drug-likeness (QED) is 0.886. The van der Waals surface area contributed by atoms with Crippen molar-refractivity contribution in [2.45, 2.75) is 31.3 Å². The van der Waals surface area contributed by atoms with E-state index >= 15 is 0 Å². The van der Waals surface area contributed by atoms with E-state index in [4.69, 9.17) is 4.52 Å². The predicted octanol–water partition coefficient (Wildman–Crippen LogP) is 2.19. The van der Waals surface area contributed by atoms with Crippen LogP contribution >= 0.6 is 11.3 Å². The van der Waals surface area contributed by atoms with E-state index in [0.717, 1.165) is 37.4 Å². The number of hydrogen-bond acceptors (Lipinski definition) is 6. The zero-order valence-corrected chi connectivity index (χ0v) is 12.7. The Morgan fingerprint density at radius 1 is 1.43 bits per heavy atom. The summed E-state index contributed by atoms with van der Waals surface area (Å²) in [4.78, 5) is 7.78. The maximum absolute atomic E-state index is 10.3. The average Bonchev–Trinajstić information content (AvgIpc) is 2.98. The molecule has 0 radical (unpaired) electrons. The minimum atomic E-state index is -0.378. The number of rotatable bonds is 6. The highest BCUT2D eigenvalue weighted by Gasteiger charge is 2.51. The molecule has 0 bridgehead atoms. The lowest BCUT2D eigenvalue weighted by atomic mass is 9.88. The van der Waals surface area contributed by atoms with Crippen LogP contribution in [0.25, 0.3) is 10.7 Å². The lowest BCUT2D eigenvalue weighted by molar-refractivity contribution is -0.113. The largest absolute Gasteiger partial charge is 0.387 e. The average molecular weight is 305 g/mol. The van der Waals surface area contributed by atoms with Gasteiger partial charge in [0.2, 0.25) is 11.7 Å². The highest BCUT2D eigenvalue weighted by Crippen LogP contribution is 2.44. The standard InChI is InChI=1S/C15H19N3O2S/c19-15(11-5-6-11)9-18(10-15)7-1-4-13-16-14(17-20-13)12-3-2-8-21-12/h2-3,8,11,19H,1,4-7,9-10H2. The minimum Gasteiger partial charge on any atom is -0.387 e. The summed E-state index contributed by atoms with van der Waals surface area (Å²) < 4.78 is 5.29. The van der Waals surface area contributed by atoms with Crippen molar-refractivity contribution in [3.05, 3.63) is 23.4 Å². The summed E-state index contributed by atoms with van der Waals surface area (Å²) >= 11 is 1.62. The molecule has 5 nitrogen and oxygen atoms in total. The van der Waals surface area contributed by atoms with Crippen LogP contribution in [0.4, 0.5) is 0 Å². The normalized spacial score (nSPS) is 21.4. The molecule has 2 aromatic heterocycles. The van der Waals surface area contributed by atoms with E-state index in [0.29, 0.717) is 17.6 Å². The number of aromatic nitrogens is 2. The molecular weight excluding hydrogens is 286 g/mol. The zero-order chi connectivity index (χ0) is 14.3. The number of nitrogens with zero attached hydrogens (tertiary/aromatic N) is 3. The summed E-state index contributed by atoms with van der Waals surface area (Å²) in [5.74, 6) is 1.96. The molecule has 4 rings (SSSR count). The first-order valence-electron chi connectivity index (χ1n) is 7.54. The Morgan fingerprint density at radius 2 is 2.29 bits per heavy atom. The molecule has 0 amide bonds. The Hall–Kier alpha value is -1.24. The molecule has 0 spiro atoms. The molecule has 6 heteroatoms. The molecule has 3 heterocycles. The van der Waals surface area contributed by atoms with Crippen LogP contribution < -0.4 is 0 Å². The van der Waals surface area contributed by atoms with Crippen molar-refractivity contribution in [1.29, 1.82) is 0 Å². The fourth-order valence-corrected chi connectivity index (χ4v) is 3.73. The van der Waals surface area contributed by atoms with Crippen LogP contribution in [0, 0.1) is 5.92 Å². The van der Waals surface area contributed by atoms with Gasteiger partial charge in [0.25, 0.3) is 0 Å². The van der Waals surface area contributed by atoms with Gasteiger partial charge in [0, 0.05) is 19.5 Å². The Labute approximate surface area is 127 Å². The molecule has 2 aromatic rings. The molecule has 1 N–H and O–H groups in total. The first-order chi connectivity index (χ1) is 10.2. The third-order valence-corrected chi connectivity index (χ3v) is 5.27. The molecular formula is C15H19N3O2S. The molecule has 1 saturated heterocycles. The van der Waals surface area contributed by atoms with Gasteiger partial charge in [-0.25, -0.2) is 0 Å². The third kappa shape index (κ3) is 2.75. The van der Waals surface area contributed by atoms with Gasteiger partial charge in [-0.2, -0.15) is 4.98 Å². The van der Waals surface area contributed by atoms with Crippen LogP contribution in [-0.2, 0) is 6.42 Å². The van der Waals surface area contributed by atoms with Crippen LogP contribution in [0.1, 0.15) is 25.2 Å². The van der Waals surface area contributed by atoms with Crippen LogP contribution in [-0.4, -0.2) is 45.4 Å². The monoisotopic (exact) mass is 305 g/mol. The second-order valence-electron chi connectivity index (χ2n) is 6.18. The summed E-state index contributed by atoms with van der Waals surface area (Å²) in [6.45, 7) is 2.66. The molecule has 2 fully saturated rings. The van der Waals surface area contributed by atoms with Gasteiger partial charge in [-0.05, 0) is 43.2 Å². The van der Waals surface area contributed by atoms with Gasteiger partial charge in [-0.15, -0.1) is 11.3 Å². The minimum absolute atomic E-state index is 0.378. The Morgan fingerprint density at radius 3 is 3.00 bits per heavy atom. The third-order valence-electron chi connectivity index (χ3n) is 4.41. The first-order valence-corrected chi connectivity index (χ1v) is 8.42. The molecule has 1 aliphatic carbocycles. The van der Waals surface area contributed by atoms with Crippen LogP contribution in [0.2, 0.25) is 0 Å². The van der Waals surface area contributed by atoms with Gasteiger partial charge in [-0.3, -0.25) is 4.90 Å². The zero-order valence-electron chi connectivity index (χ0n) is 11.9. The van der Waals surface area contributed by atoms with Gasteiger partial charge in [0.1, 0.15) is 0 Å². The fraction of sp³-hybridized carbons (Fsp3) is 0.600. The van der Waals surface area contributed by atoms with Crippen molar-refractivity contribution < 1.29 is 9.63 Å². The maximum atomic E-state index is 10.3. The molecule has 1 saturated carbocycles. The lowest BCUT2D eigenvalue weighted by Gasteiger charge is -2.47. The summed E-state index contributed by atoms with van der Waals surface area (Å²) in [6.07, 6.45) is 4.21. The van der Waals surface area contributed by atoms with Crippen molar-refractivity contribution in [3.63, 3.8) is 0 Å². The van der Waals surface area contributed by atoms with Gasteiger partial charge >= 0.3 is 0 Å². The van der Waals surface area contributed by atoms with Crippen LogP contribution in [0.5, 0.6) is 0 Å². The smallest absolute Gasteiger partial charge is 0.227 e. The van der Waals surface area contributed by atoms with Gasteiger partial charge in [-0.1, -0.05) is 11.2 Å². The van der Waals surface area contributed by atoms with E-state index in [2.05, 4.69) is 15.0 Å². The molecule has 112 valence electrons. The predicted molar refractivity (Wildman–Crippen MR) is 80.0 cm³/mol. The van der Waals surface area contributed by atoms with Gasteiger partial charge < -0.3 is 9.63 Å². The summed E-state index contributed by atoms with van der Waals surface area (Å²) in [5, 5.41) is 16.3. The topological polar surface area (TPSA) is 62.4 Å². The molecule has 2 aliphatic rings. The van der Waals surface area contributed by atoms with Crippen LogP contribution in [0.3, 0.4) is 0 Å². The van der Waals surface area contributed by atoms with Gasteiger partial charge in [0.05, 0.1) is 10.5 Å². The second kappa shape index (κ2) is 5.19. The number of thiophene rings is 1. The van der Waals surface area contributed by atoms with Crippen molar-refractivity contribution in [3.8, 4) is 10.7 Å². The number of hydrogen-bond donors (Lipinski definition) is 1. The van der Waals surface area contributed by atoms with E-state index < -0.39 is 0 Å². The molecule has 0 atom stereocenters. The van der Waals surface area contributed by atoms with Crippen molar-refractivity contribution in [2.75, 3.05) is 19.6 Å². The van der Waals surface area contributed by atoms with E-state index in [1.54, 1.807) is 11.3 Å². The summed E-state index contributed by atoms with van der Waals surface area (Å²) in [5.41, 5.74) is -0.378.